The monoisotopic (exact) mass is 959 g/mol. The standard InChI is InChI=1S/C44H56F3N9O10S/c1-4-29-27-54(43(60)33-11-15-40(65-5-2)53-41(33)44(45,46)47)21-22-55(29)36-13-12-34(32-9-7-18-50-42(32)66-6-3)52-35(36)23-28-10-14-38(37(24-28)56(61)62)67(63,64)51-20-8-19-49-39(59)26-31(58)25-30(57)16-17-48/h7,9-15,18,24,29-31,51,57-58H,4-6,8,16-17,19-23,25-27,48H2,1-3H3,(H,49,59)/t29-,30-,31-/m1/s1. The van der Waals surface area contributed by atoms with Gasteiger partial charge in [-0.25, -0.2) is 23.1 Å². The summed E-state index contributed by atoms with van der Waals surface area (Å²) in [7, 11) is -4.43. The highest BCUT2D eigenvalue weighted by molar-refractivity contribution is 7.89. The average molecular weight is 960 g/mol. The van der Waals surface area contributed by atoms with E-state index in [4.69, 9.17) is 20.2 Å². The van der Waals surface area contributed by atoms with Gasteiger partial charge in [0, 0.05) is 63.5 Å². The number of carbonyl (C=O) groups excluding carboxylic acids is 2. The molecule has 2 amide bonds. The molecule has 0 spiro atoms. The molecule has 0 aliphatic carbocycles. The summed E-state index contributed by atoms with van der Waals surface area (Å²) in [5, 5.41) is 34.8. The van der Waals surface area contributed by atoms with E-state index < -0.39 is 73.0 Å². The van der Waals surface area contributed by atoms with Gasteiger partial charge >= 0.3 is 6.18 Å². The predicted molar refractivity (Wildman–Crippen MR) is 240 cm³/mol. The first-order valence-corrected chi connectivity index (χ1v) is 23.3. The number of benzene rings is 1. The lowest BCUT2D eigenvalue weighted by Crippen LogP contribution is -2.55. The van der Waals surface area contributed by atoms with Crippen molar-refractivity contribution in [3.05, 3.63) is 93.4 Å². The Morgan fingerprint density at radius 3 is 2.46 bits per heavy atom. The van der Waals surface area contributed by atoms with E-state index in [0.717, 1.165) is 18.2 Å². The number of nitrogens with zero attached hydrogens (tertiary/aromatic N) is 6. The molecule has 23 heteroatoms. The second-order valence-electron chi connectivity index (χ2n) is 15.6. The van der Waals surface area contributed by atoms with Crippen LogP contribution in [0.15, 0.2) is 65.7 Å². The van der Waals surface area contributed by atoms with Crippen LogP contribution < -0.4 is 30.1 Å². The quantitative estimate of drug-likeness (QED) is 0.0396. The van der Waals surface area contributed by atoms with Crippen molar-refractivity contribution >= 4 is 33.2 Å². The molecule has 4 aromatic rings. The zero-order valence-corrected chi connectivity index (χ0v) is 38.2. The predicted octanol–water partition coefficient (Wildman–Crippen LogP) is 4.23. The van der Waals surface area contributed by atoms with Gasteiger partial charge in [-0.05, 0) is 88.0 Å². The van der Waals surface area contributed by atoms with Crippen LogP contribution in [-0.4, -0.2) is 126 Å². The van der Waals surface area contributed by atoms with Crippen LogP contribution in [0.25, 0.3) is 11.3 Å². The highest BCUT2D eigenvalue weighted by atomic mass is 32.2. The summed E-state index contributed by atoms with van der Waals surface area (Å²) in [6, 6.07) is 12.6. The Bertz CT molecular complexity index is 2470. The number of sulfonamides is 1. The largest absolute Gasteiger partial charge is 0.478 e. The fourth-order valence-corrected chi connectivity index (χ4v) is 8.86. The molecule has 4 heterocycles. The summed E-state index contributed by atoms with van der Waals surface area (Å²) in [6.45, 7) is 5.98. The van der Waals surface area contributed by atoms with Gasteiger partial charge in [-0.15, -0.1) is 0 Å². The number of halogens is 3. The van der Waals surface area contributed by atoms with Crippen LogP contribution in [0.1, 0.15) is 80.2 Å². The van der Waals surface area contributed by atoms with E-state index in [-0.39, 0.29) is 83.9 Å². The van der Waals surface area contributed by atoms with Gasteiger partial charge in [-0.1, -0.05) is 13.0 Å². The van der Waals surface area contributed by atoms with Gasteiger partial charge in [-0.3, -0.25) is 24.7 Å². The first-order chi connectivity index (χ1) is 31.9. The number of nitrogens with one attached hydrogen (secondary N) is 2. The minimum Gasteiger partial charge on any atom is -0.478 e. The fourth-order valence-electron chi connectivity index (χ4n) is 7.64. The number of nitrogens with two attached hydrogens (primary N) is 1. The number of amides is 2. The summed E-state index contributed by atoms with van der Waals surface area (Å²) in [5.41, 5.74) is 5.07. The van der Waals surface area contributed by atoms with Crippen LogP contribution in [0.5, 0.6) is 11.8 Å². The van der Waals surface area contributed by atoms with E-state index in [0.29, 0.717) is 47.1 Å². The zero-order valence-electron chi connectivity index (χ0n) is 37.4. The van der Waals surface area contributed by atoms with Gasteiger partial charge in [0.05, 0.1) is 65.0 Å². The number of hydrogen-bond acceptors (Lipinski definition) is 15. The molecule has 6 N–H and O–H groups in total. The molecule has 1 saturated heterocycles. The van der Waals surface area contributed by atoms with Crippen LogP contribution in [0, 0.1) is 10.1 Å². The summed E-state index contributed by atoms with van der Waals surface area (Å²) in [5.74, 6) is -1.30. The van der Waals surface area contributed by atoms with E-state index in [1.165, 1.54) is 17.0 Å². The first kappa shape index (κ1) is 52.0. The Balaban J connectivity index is 1.39. The van der Waals surface area contributed by atoms with E-state index in [9.17, 15) is 51.5 Å². The van der Waals surface area contributed by atoms with Crippen molar-refractivity contribution in [3.63, 3.8) is 0 Å². The van der Waals surface area contributed by atoms with Crippen LogP contribution in [0.3, 0.4) is 0 Å². The van der Waals surface area contributed by atoms with Crippen LogP contribution in [0.2, 0.25) is 0 Å². The number of nitro benzene ring substituents is 1. The number of ether oxygens (including phenoxy) is 2. The molecule has 3 atom stereocenters. The normalized spacial score (nSPS) is 15.2. The Morgan fingerprint density at radius 2 is 1.78 bits per heavy atom. The summed E-state index contributed by atoms with van der Waals surface area (Å²) in [4.78, 5) is 53.3. The molecule has 1 aliphatic heterocycles. The van der Waals surface area contributed by atoms with Crippen molar-refractivity contribution in [1.82, 2.24) is 29.9 Å². The zero-order chi connectivity index (χ0) is 48.9. The second-order valence-corrected chi connectivity index (χ2v) is 17.3. The van der Waals surface area contributed by atoms with Crippen molar-refractivity contribution in [2.24, 2.45) is 5.73 Å². The smallest absolute Gasteiger partial charge is 0.434 e. The summed E-state index contributed by atoms with van der Waals surface area (Å²) in [6.07, 6.45) is -4.82. The maximum Gasteiger partial charge on any atom is 0.434 e. The van der Waals surface area contributed by atoms with E-state index in [2.05, 4.69) is 20.0 Å². The molecule has 1 fully saturated rings. The van der Waals surface area contributed by atoms with Crippen molar-refractivity contribution in [2.75, 3.05) is 57.4 Å². The van der Waals surface area contributed by atoms with Crippen molar-refractivity contribution in [1.29, 1.82) is 0 Å². The number of rotatable bonds is 23. The van der Waals surface area contributed by atoms with Crippen molar-refractivity contribution in [2.45, 2.75) is 88.6 Å². The number of carbonyl (C=O) groups is 2. The lowest BCUT2D eigenvalue weighted by molar-refractivity contribution is -0.387. The highest BCUT2D eigenvalue weighted by Gasteiger charge is 2.40. The molecule has 67 heavy (non-hydrogen) atoms. The van der Waals surface area contributed by atoms with Gasteiger partial charge < -0.3 is 40.5 Å². The third-order valence-corrected chi connectivity index (χ3v) is 12.3. The number of nitro groups is 1. The molecule has 5 rings (SSSR count). The molecule has 1 aliphatic rings. The van der Waals surface area contributed by atoms with Crippen molar-refractivity contribution < 1.29 is 55.8 Å². The minimum absolute atomic E-state index is 0.0271. The Hall–Kier alpha value is -6.01. The van der Waals surface area contributed by atoms with Gasteiger partial charge in [0.2, 0.25) is 27.7 Å². The average Bonchev–Trinajstić information content (AvgIpc) is 3.28. The van der Waals surface area contributed by atoms with E-state index in [1.807, 2.05) is 11.8 Å². The molecule has 1 aromatic carbocycles. The maximum atomic E-state index is 14.2. The molecular formula is C44H56F3N9O10S. The van der Waals surface area contributed by atoms with Crippen LogP contribution >= 0.6 is 0 Å². The van der Waals surface area contributed by atoms with Gasteiger partial charge in [-0.2, -0.15) is 13.2 Å². The number of aliphatic hydroxyl groups excluding tert-OH is 2. The molecule has 0 bridgehead atoms. The molecular weight excluding hydrogens is 904 g/mol. The number of pyridine rings is 3. The third-order valence-electron chi connectivity index (χ3n) is 10.8. The Kier molecular flexibility index (Phi) is 18.3. The lowest BCUT2D eigenvalue weighted by Gasteiger charge is -2.43. The minimum atomic E-state index is -4.93. The summed E-state index contributed by atoms with van der Waals surface area (Å²) < 4.78 is 82.6. The molecule has 19 nitrogen and oxygen atoms in total. The number of aliphatic hydroxyl groups is 2. The van der Waals surface area contributed by atoms with E-state index in [1.54, 1.807) is 44.3 Å². The number of hydrogen-bond donors (Lipinski definition) is 5. The van der Waals surface area contributed by atoms with Crippen molar-refractivity contribution in [3.8, 4) is 23.0 Å². The Labute approximate surface area is 386 Å². The SMILES string of the molecule is CCOc1ccc(C(=O)N2CCN(c3ccc(-c4cccnc4OCC)nc3Cc3ccc(S(=O)(=O)NCCCNC(=O)C[C@H](O)C[C@H](O)CCN)c([N+](=O)[O-])c3)[C@H](CC)C2)c(C(F)(F)F)n1. The first-order valence-electron chi connectivity index (χ1n) is 21.8. The van der Waals surface area contributed by atoms with Gasteiger partial charge in [0.1, 0.15) is 0 Å². The van der Waals surface area contributed by atoms with Crippen LogP contribution in [0.4, 0.5) is 24.5 Å². The number of aromatic nitrogens is 3. The molecule has 0 radical (unpaired) electrons. The molecule has 0 saturated carbocycles. The van der Waals surface area contributed by atoms with E-state index >= 15 is 0 Å². The second kappa shape index (κ2) is 23.6. The highest BCUT2D eigenvalue weighted by Crippen LogP contribution is 2.36. The molecule has 364 valence electrons. The molecule has 3 aromatic heterocycles. The fraction of sp³-hybridized carbons (Fsp3) is 0.477. The number of alkyl halides is 3. The van der Waals surface area contributed by atoms with Crippen LogP contribution in [-0.2, 0) is 27.4 Å². The third kappa shape index (κ3) is 13.8. The maximum absolute atomic E-state index is 14.2. The van der Waals surface area contributed by atoms with Gasteiger partial charge in [0.15, 0.2) is 10.6 Å². The molecule has 0 unspecified atom stereocenters. The summed E-state index contributed by atoms with van der Waals surface area (Å²) >= 11 is 0. The van der Waals surface area contributed by atoms with Gasteiger partial charge in [0.25, 0.3) is 11.6 Å². The Morgan fingerprint density at radius 1 is 1.01 bits per heavy atom. The topological polar surface area (TPSA) is 266 Å². The lowest BCUT2D eigenvalue weighted by atomic mass is 10.0. The number of piperazine rings is 1. The number of anilines is 1.